The molecule has 0 spiro atoms. The highest BCUT2D eigenvalue weighted by Crippen LogP contribution is 2.35. The van der Waals surface area contributed by atoms with Gasteiger partial charge in [0, 0.05) is 19.1 Å². The third-order valence-corrected chi connectivity index (χ3v) is 6.10. The van der Waals surface area contributed by atoms with Crippen molar-refractivity contribution in [2.45, 2.75) is 36.4 Å². The smallest absolute Gasteiger partial charge is 0.417 e. The number of nitrogens with two attached hydrogens (primary N) is 1. The molecular weight excluding hydrogens is 361 g/mol. The first-order valence-corrected chi connectivity index (χ1v) is 9.08. The van der Waals surface area contributed by atoms with Crippen molar-refractivity contribution in [3.8, 4) is 0 Å². The summed E-state index contributed by atoms with van der Waals surface area (Å²) in [7, 11) is -3.20. The average Bonchev–Trinajstić information content (AvgIpc) is 2.59. The van der Waals surface area contributed by atoms with Gasteiger partial charge in [-0.2, -0.15) is 17.5 Å². The number of sulfonamides is 1. The number of hydrogen-bond acceptors (Lipinski definition) is 5. The van der Waals surface area contributed by atoms with E-state index in [0.717, 1.165) is 30.0 Å². The summed E-state index contributed by atoms with van der Waals surface area (Å²) >= 11 is 0. The molecule has 1 atom stereocenters. The van der Waals surface area contributed by atoms with Gasteiger partial charge in [0.2, 0.25) is 10.0 Å². The van der Waals surface area contributed by atoms with E-state index in [1.807, 2.05) is 0 Å². The third kappa shape index (κ3) is 3.96. The third-order valence-electron chi connectivity index (χ3n) is 4.15. The van der Waals surface area contributed by atoms with Gasteiger partial charge in [-0.05, 0) is 31.0 Å². The molecule has 2 N–H and O–H groups in total. The molecule has 0 radical (unpaired) electrons. The minimum atomic E-state index is -4.90. The minimum absolute atomic E-state index is 0.0889. The van der Waals surface area contributed by atoms with Gasteiger partial charge < -0.3 is 10.5 Å². The Bertz CT molecular complexity index is 750. The summed E-state index contributed by atoms with van der Waals surface area (Å²) in [4.78, 5) is 11.0. The average molecular weight is 380 g/mol. The lowest BCUT2D eigenvalue weighted by atomic mass is 10.1. The van der Waals surface area contributed by atoms with Gasteiger partial charge in [-0.15, -0.1) is 0 Å². The van der Waals surface area contributed by atoms with Crippen molar-refractivity contribution in [3.05, 3.63) is 29.3 Å². The maximum absolute atomic E-state index is 13.3. The Morgan fingerprint density at radius 2 is 2.04 bits per heavy atom. The van der Waals surface area contributed by atoms with Crippen LogP contribution in [0.5, 0.6) is 0 Å². The quantitative estimate of drug-likeness (QED) is 0.807. The van der Waals surface area contributed by atoms with Gasteiger partial charge in [-0.25, -0.2) is 13.2 Å². The lowest BCUT2D eigenvalue weighted by molar-refractivity contribution is -0.138. The highest BCUT2D eigenvalue weighted by Gasteiger charge is 2.39. The standard InChI is InChI=1S/C15H19F3N2O4S/c1-24-14(21)12-6-5-11(8-13(12)15(16,17)18)25(22,23)20-7-3-2-4-10(20)9-19/h5-6,8,10H,2-4,7,9,19H2,1H3. The molecule has 6 nitrogen and oxygen atoms in total. The van der Waals surface area contributed by atoms with Crippen molar-refractivity contribution in [2.75, 3.05) is 20.2 Å². The highest BCUT2D eigenvalue weighted by molar-refractivity contribution is 7.89. The summed E-state index contributed by atoms with van der Waals surface area (Å²) in [6, 6.07) is 1.83. The fraction of sp³-hybridized carbons (Fsp3) is 0.533. The molecule has 25 heavy (non-hydrogen) atoms. The van der Waals surface area contributed by atoms with Crippen LogP contribution in [0.4, 0.5) is 13.2 Å². The molecule has 0 aromatic heterocycles. The first-order chi connectivity index (χ1) is 11.6. The van der Waals surface area contributed by atoms with E-state index in [9.17, 15) is 26.4 Å². The molecule has 140 valence electrons. The summed E-state index contributed by atoms with van der Waals surface area (Å²) in [5.41, 5.74) is 3.52. The molecule has 1 aromatic carbocycles. The van der Waals surface area contributed by atoms with E-state index in [-0.39, 0.29) is 13.1 Å². The van der Waals surface area contributed by atoms with Crippen molar-refractivity contribution in [1.82, 2.24) is 4.31 Å². The lowest BCUT2D eigenvalue weighted by Gasteiger charge is -2.34. The zero-order chi connectivity index (χ0) is 18.8. The van der Waals surface area contributed by atoms with E-state index in [4.69, 9.17) is 5.73 Å². The molecule has 1 heterocycles. The van der Waals surface area contributed by atoms with Crippen LogP contribution in [0.15, 0.2) is 23.1 Å². The number of piperidine rings is 1. The maximum Gasteiger partial charge on any atom is 0.417 e. The van der Waals surface area contributed by atoms with Crippen LogP contribution in [0, 0.1) is 0 Å². The monoisotopic (exact) mass is 380 g/mol. The van der Waals surface area contributed by atoms with Crippen molar-refractivity contribution in [2.24, 2.45) is 5.73 Å². The predicted octanol–water partition coefficient (Wildman–Crippen LogP) is 1.99. The normalized spacial score (nSPS) is 19.6. The number of carbonyl (C=O) groups excluding carboxylic acids is 1. The van der Waals surface area contributed by atoms with Gasteiger partial charge in [0.25, 0.3) is 0 Å². The molecule has 0 aliphatic carbocycles. The summed E-state index contributed by atoms with van der Waals surface area (Å²) in [5.74, 6) is -1.19. The van der Waals surface area contributed by atoms with E-state index in [1.54, 1.807) is 0 Å². The fourth-order valence-corrected chi connectivity index (χ4v) is 4.60. The van der Waals surface area contributed by atoms with Crippen LogP contribution in [0.1, 0.15) is 35.2 Å². The Balaban J connectivity index is 2.53. The second-order valence-corrected chi connectivity index (χ2v) is 7.59. The molecular formula is C15H19F3N2O4S. The Morgan fingerprint density at radius 1 is 1.36 bits per heavy atom. The number of nitrogens with zero attached hydrogens (tertiary/aromatic N) is 1. The maximum atomic E-state index is 13.3. The zero-order valence-electron chi connectivity index (χ0n) is 13.5. The first-order valence-electron chi connectivity index (χ1n) is 7.64. The number of ether oxygens (including phenoxy) is 1. The van der Waals surface area contributed by atoms with Crippen LogP contribution in [-0.2, 0) is 20.9 Å². The number of methoxy groups -OCH3 is 1. The molecule has 1 saturated heterocycles. The topological polar surface area (TPSA) is 89.7 Å². The van der Waals surface area contributed by atoms with Crippen LogP contribution in [0.25, 0.3) is 0 Å². The molecule has 1 fully saturated rings. The van der Waals surface area contributed by atoms with Crippen molar-refractivity contribution < 1.29 is 31.1 Å². The van der Waals surface area contributed by atoms with Crippen molar-refractivity contribution in [1.29, 1.82) is 0 Å². The van der Waals surface area contributed by atoms with Gasteiger partial charge >= 0.3 is 12.1 Å². The van der Waals surface area contributed by atoms with Gasteiger partial charge in [0.1, 0.15) is 0 Å². The van der Waals surface area contributed by atoms with Gasteiger partial charge in [-0.3, -0.25) is 0 Å². The van der Waals surface area contributed by atoms with E-state index >= 15 is 0 Å². The van der Waals surface area contributed by atoms with Crippen molar-refractivity contribution >= 4 is 16.0 Å². The highest BCUT2D eigenvalue weighted by atomic mass is 32.2. The molecule has 2 rings (SSSR count). The zero-order valence-corrected chi connectivity index (χ0v) is 14.4. The van der Waals surface area contributed by atoms with Crippen molar-refractivity contribution in [3.63, 3.8) is 0 Å². The van der Waals surface area contributed by atoms with Crippen LogP contribution in [-0.4, -0.2) is 44.9 Å². The van der Waals surface area contributed by atoms with E-state index in [0.29, 0.717) is 18.9 Å². The summed E-state index contributed by atoms with van der Waals surface area (Å²) in [5, 5.41) is 0. The number of esters is 1. The van der Waals surface area contributed by atoms with E-state index in [2.05, 4.69) is 4.74 Å². The number of benzene rings is 1. The predicted molar refractivity (Wildman–Crippen MR) is 83.4 cm³/mol. The Hall–Kier alpha value is -1.65. The lowest BCUT2D eigenvalue weighted by Crippen LogP contribution is -2.47. The van der Waals surface area contributed by atoms with E-state index in [1.165, 1.54) is 0 Å². The summed E-state index contributed by atoms with van der Waals surface area (Å²) < 4.78 is 70.8. The molecule has 0 saturated carbocycles. The second-order valence-electron chi connectivity index (χ2n) is 5.70. The number of alkyl halides is 3. The van der Waals surface area contributed by atoms with Gasteiger partial charge in [-0.1, -0.05) is 6.42 Å². The largest absolute Gasteiger partial charge is 0.465 e. The van der Waals surface area contributed by atoms with Gasteiger partial charge in [0.05, 0.1) is 23.1 Å². The summed E-state index contributed by atoms with van der Waals surface area (Å²) in [6.45, 7) is 0.288. The van der Waals surface area contributed by atoms with Gasteiger partial charge in [0.15, 0.2) is 0 Å². The number of rotatable bonds is 4. The number of carbonyl (C=O) groups is 1. The molecule has 1 aromatic rings. The summed E-state index contributed by atoms with van der Waals surface area (Å²) in [6.07, 6.45) is -2.92. The second kappa shape index (κ2) is 7.30. The van der Waals surface area contributed by atoms with Crippen LogP contribution in [0.2, 0.25) is 0 Å². The Morgan fingerprint density at radius 3 is 2.60 bits per heavy atom. The molecule has 1 aliphatic rings. The molecule has 0 amide bonds. The minimum Gasteiger partial charge on any atom is -0.465 e. The van der Waals surface area contributed by atoms with E-state index < -0.39 is 44.2 Å². The Kier molecular flexibility index (Phi) is 5.75. The molecule has 10 heteroatoms. The number of hydrogen-bond donors (Lipinski definition) is 1. The van der Waals surface area contributed by atoms with Crippen LogP contribution in [0.3, 0.4) is 0 Å². The van der Waals surface area contributed by atoms with Crippen LogP contribution < -0.4 is 5.73 Å². The molecule has 1 aliphatic heterocycles. The fourth-order valence-electron chi connectivity index (χ4n) is 2.87. The Labute approximate surface area is 143 Å². The molecule has 1 unspecified atom stereocenters. The molecule has 0 bridgehead atoms. The first kappa shape index (κ1) is 19.7. The van der Waals surface area contributed by atoms with Crippen LogP contribution >= 0.6 is 0 Å². The SMILES string of the molecule is COC(=O)c1ccc(S(=O)(=O)N2CCCCC2CN)cc1C(F)(F)F. The number of halogens is 3.